The number of alkyl halides is 3. The molecule has 0 bridgehead atoms. The highest BCUT2D eigenvalue weighted by atomic mass is 79.9. The summed E-state index contributed by atoms with van der Waals surface area (Å²) in [6, 6.07) is 4.59. The Kier molecular flexibility index (Phi) is 6.09. The fourth-order valence-electron chi connectivity index (χ4n) is 2.24. The third kappa shape index (κ3) is 4.31. The summed E-state index contributed by atoms with van der Waals surface area (Å²) in [7, 11) is -4.66. The van der Waals surface area contributed by atoms with Gasteiger partial charge in [-0.3, -0.25) is 14.4 Å². The van der Waals surface area contributed by atoms with Crippen LogP contribution in [0.3, 0.4) is 0 Å². The van der Waals surface area contributed by atoms with Gasteiger partial charge in [0.25, 0.3) is 5.91 Å². The van der Waals surface area contributed by atoms with Gasteiger partial charge in [0.1, 0.15) is 5.71 Å². The van der Waals surface area contributed by atoms with Crippen LogP contribution in [0.5, 0.6) is 0 Å². The highest BCUT2D eigenvalue weighted by Crippen LogP contribution is 2.59. The van der Waals surface area contributed by atoms with E-state index in [1.165, 1.54) is 26.0 Å². The summed E-state index contributed by atoms with van der Waals surface area (Å²) in [6.07, 6.45) is -5.03. The van der Waals surface area contributed by atoms with E-state index in [1.54, 1.807) is 6.07 Å². The van der Waals surface area contributed by atoms with Crippen LogP contribution in [0.2, 0.25) is 0 Å². The zero-order chi connectivity index (χ0) is 18.8. The van der Waals surface area contributed by atoms with E-state index < -0.39 is 31.2 Å². The largest absolute Gasteiger partial charge is 0.422 e. The summed E-state index contributed by atoms with van der Waals surface area (Å²) < 4.78 is 63.3. The van der Waals surface area contributed by atoms with E-state index in [1.807, 2.05) is 0 Å². The number of hydrogen-bond donors (Lipinski definition) is 1. The van der Waals surface area contributed by atoms with E-state index >= 15 is 0 Å². The van der Waals surface area contributed by atoms with Gasteiger partial charge in [0, 0.05) is 10.0 Å². The van der Waals surface area contributed by atoms with Gasteiger partial charge < -0.3 is 14.4 Å². The number of nitrogens with one attached hydrogen (secondary N) is 1. The maximum Gasteiger partial charge on any atom is 0.422 e. The molecule has 1 aromatic carbocycles. The van der Waals surface area contributed by atoms with Crippen molar-refractivity contribution in [2.45, 2.75) is 25.8 Å². The summed E-state index contributed by atoms with van der Waals surface area (Å²) >= 11 is 3.19. The topological polar surface area (TPSA) is 77.0 Å². The molecule has 138 valence electrons. The molecule has 0 aromatic heterocycles. The lowest BCUT2D eigenvalue weighted by molar-refractivity contribution is -0.133. The van der Waals surface area contributed by atoms with Crippen LogP contribution in [0, 0.1) is 0 Å². The van der Waals surface area contributed by atoms with Gasteiger partial charge in [0.2, 0.25) is 5.78 Å². The molecule has 1 unspecified atom stereocenters. The standard InChI is InChI=1S/C14H15BrF3N2O4P/c1-3-23-25(22,24-4-2)13(14(16,17)18)20-11-9-7-8(15)5-6-10(9)19-12(11)21/h5-7,13H,3-4H2,1-2H3,(H,19,20,21). The Morgan fingerprint density at radius 3 is 2.40 bits per heavy atom. The number of carbonyl (C=O) groups excluding carboxylic acids is 1. The number of benzene rings is 1. The number of aliphatic imine (C=N–C) groups is 1. The van der Waals surface area contributed by atoms with Crippen molar-refractivity contribution in [3.8, 4) is 0 Å². The van der Waals surface area contributed by atoms with Gasteiger partial charge >= 0.3 is 13.8 Å². The van der Waals surface area contributed by atoms with Gasteiger partial charge in [0.15, 0.2) is 0 Å². The summed E-state index contributed by atoms with van der Waals surface area (Å²) in [5, 5.41) is 2.42. The number of halogens is 4. The lowest BCUT2D eigenvalue weighted by atomic mass is 10.1. The first kappa shape index (κ1) is 20.1. The van der Waals surface area contributed by atoms with E-state index in [-0.39, 0.29) is 18.8 Å². The molecule has 1 N–H and O–H groups in total. The van der Waals surface area contributed by atoms with Crippen molar-refractivity contribution in [3.63, 3.8) is 0 Å². The molecule has 0 saturated heterocycles. The lowest BCUT2D eigenvalue weighted by Crippen LogP contribution is -2.31. The van der Waals surface area contributed by atoms with Gasteiger partial charge in [-0.25, -0.2) is 0 Å². The second-order valence-corrected chi connectivity index (χ2v) is 7.91. The Balaban J connectivity index is 2.58. The van der Waals surface area contributed by atoms with E-state index in [2.05, 4.69) is 26.2 Å². The summed E-state index contributed by atoms with van der Waals surface area (Å²) in [4.78, 5) is 15.5. The summed E-state index contributed by atoms with van der Waals surface area (Å²) in [5.41, 5.74) is 0.0157. The Labute approximate surface area is 150 Å². The van der Waals surface area contributed by atoms with E-state index in [0.29, 0.717) is 10.2 Å². The number of amides is 1. The van der Waals surface area contributed by atoms with Crippen molar-refractivity contribution in [2.24, 2.45) is 4.99 Å². The maximum atomic E-state index is 13.5. The van der Waals surface area contributed by atoms with Crippen LogP contribution < -0.4 is 5.32 Å². The van der Waals surface area contributed by atoms with E-state index in [0.717, 1.165) is 0 Å². The zero-order valence-corrected chi connectivity index (χ0v) is 15.7. The number of nitrogens with zero attached hydrogens (tertiary/aromatic N) is 1. The van der Waals surface area contributed by atoms with E-state index in [9.17, 15) is 22.5 Å². The van der Waals surface area contributed by atoms with E-state index in [4.69, 9.17) is 9.05 Å². The fraction of sp³-hybridized carbons (Fsp3) is 0.429. The van der Waals surface area contributed by atoms with Crippen LogP contribution in [-0.2, 0) is 18.4 Å². The van der Waals surface area contributed by atoms with Crippen LogP contribution in [0.15, 0.2) is 27.7 Å². The molecule has 0 spiro atoms. The molecule has 0 fully saturated rings. The molecule has 0 aliphatic carbocycles. The average molecular weight is 443 g/mol. The minimum atomic E-state index is -5.03. The van der Waals surface area contributed by atoms with Crippen LogP contribution in [0.4, 0.5) is 18.9 Å². The van der Waals surface area contributed by atoms with Gasteiger partial charge in [-0.2, -0.15) is 13.2 Å². The molecule has 1 atom stereocenters. The minimum Gasteiger partial charge on any atom is -0.320 e. The molecule has 1 amide bonds. The van der Waals surface area contributed by atoms with Crippen molar-refractivity contribution in [1.29, 1.82) is 0 Å². The molecule has 25 heavy (non-hydrogen) atoms. The van der Waals surface area contributed by atoms with Gasteiger partial charge in [-0.1, -0.05) is 15.9 Å². The van der Waals surface area contributed by atoms with Gasteiger partial charge in [-0.15, -0.1) is 0 Å². The van der Waals surface area contributed by atoms with Crippen molar-refractivity contribution in [2.75, 3.05) is 18.5 Å². The Morgan fingerprint density at radius 1 is 1.28 bits per heavy atom. The van der Waals surface area contributed by atoms with Crippen LogP contribution >= 0.6 is 23.5 Å². The first-order valence-corrected chi connectivity index (χ1v) is 9.67. The Morgan fingerprint density at radius 2 is 1.88 bits per heavy atom. The fourth-order valence-corrected chi connectivity index (χ4v) is 4.29. The van der Waals surface area contributed by atoms with Crippen molar-refractivity contribution < 1.29 is 31.6 Å². The molecular formula is C14H15BrF3N2O4P. The molecule has 1 heterocycles. The molecule has 11 heteroatoms. The first-order valence-electron chi connectivity index (χ1n) is 7.27. The highest BCUT2D eigenvalue weighted by molar-refractivity contribution is 9.10. The Hall–Kier alpha value is -1.22. The Bertz CT molecular complexity index is 744. The minimum absolute atomic E-state index is 0.174. The average Bonchev–Trinajstić information content (AvgIpc) is 2.79. The molecule has 1 aliphatic heterocycles. The quantitative estimate of drug-likeness (QED) is 0.664. The van der Waals surface area contributed by atoms with Gasteiger partial charge in [0.05, 0.1) is 18.9 Å². The number of anilines is 1. The molecule has 0 saturated carbocycles. The third-order valence-corrected chi connectivity index (χ3v) is 5.90. The molecular weight excluding hydrogens is 428 g/mol. The van der Waals surface area contributed by atoms with Crippen LogP contribution in [0.25, 0.3) is 0 Å². The first-order chi connectivity index (χ1) is 11.6. The summed E-state index contributed by atoms with van der Waals surface area (Å²) in [5.74, 6) is -3.62. The molecule has 0 radical (unpaired) electrons. The molecule has 1 aliphatic rings. The third-order valence-electron chi connectivity index (χ3n) is 3.16. The van der Waals surface area contributed by atoms with Gasteiger partial charge in [-0.05, 0) is 32.0 Å². The van der Waals surface area contributed by atoms with Crippen molar-refractivity contribution >= 4 is 40.8 Å². The lowest BCUT2D eigenvalue weighted by Gasteiger charge is -2.25. The normalized spacial score (nSPS) is 17.5. The SMILES string of the molecule is CCOP(=O)(OCC)C(/N=C1/C(=O)Nc2ccc(Br)cc21)C(F)(F)F. The molecule has 2 rings (SSSR count). The zero-order valence-electron chi connectivity index (χ0n) is 13.3. The number of hydrogen-bond acceptors (Lipinski definition) is 5. The predicted octanol–water partition coefficient (Wildman–Crippen LogP) is 4.34. The van der Waals surface area contributed by atoms with Crippen LogP contribution in [-0.4, -0.2) is 36.8 Å². The highest BCUT2D eigenvalue weighted by Gasteiger charge is 2.55. The predicted molar refractivity (Wildman–Crippen MR) is 90.0 cm³/mol. The molecule has 1 aromatic rings. The monoisotopic (exact) mass is 442 g/mol. The second-order valence-electron chi connectivity index (χ2n) is 4.91. The van der Waals surface area contributed by atoms with Crippen molar-refractivity contribution in [1.82, 2.24) is 0 Å². The number of carbonyl (C=O) groups is 1. The smallest absolute Gasteiger partial charge is 0.320 e. The molecule has 6 nitrogen and oxygen atoms in total. The number of fused-ring (bicyclic) bond motifs is 1. The maximum absolute atomic E-state index is 13.5. The van der Waals surface area contributed by atoms with Crippen molar-refractivity contribution in [3.05, 3.63) is 28.2 Å². The number of rotatable bonds is 6. The second kappa shape index (κ2) is 7.57. The van der Waals surface area contributed by atoms with Crippen LogP contribution in [0.1, 0.15) is 19.4 Å². The summed E-state index contributed by atoms with van der Waals surface area (Å²) in [6.45, 7) is 2.26.